The maximum atomic E-state index is 4.25. The van der Waals surface area contributed by atoms with E-state index in [0.717, 1.165) is 18.8 Å². The molecule has 1 atom stereocenters. The van der Waals surface area contributed by atoms with Crippen LogP contribution in [0.2, 0.25) is 0 Å². The molecule has 0 saturated heterocycles. The minimum absolute atomic E-state index is 0.230. The van der Waals surface area contributed by atoms with Gasteiger partial charge in [-0.15, -0.1) is 10.2 Å². The van der Waals surface area contributed by atoms with Crippen molar-refractivity contribution in [1.82, 2.24) is 25.5 Å². The van der Waals surface area contributed by atoms with Gasteiger partial charge < -0.3 is 5.32 Å². The summed E-state index contributed by atoms with van der Waals surface area (Å²) in [5, 5.41) is 15.7. The molecule has 0 amide bonds. The van der Waals surface area contributed by atoms with Crippen LogP contribution in [0, 0.1) is 13.8 Å². The highest BCUT2D eigenvalue weighted by atomic mass is 15.6. The lowest BCUT2D eigenvalue weighted by Crippen LogP contribution is -2.23. The Morgan fingerprint density at radius 1 is 1.26 bits per heavy atom. The van der Waals surface area contributed by atoms with Crippen molar-refractivity contribution in [3.05, 3.63) is 40.7 Å². The van der Waals surface area contributed by atoms with Gasteiger partial charge in [-0.05, 0) is 42.3 Å². The summed E-state index contributed by atoms with van der Waals surface area (Å²) in [7, 11) is 1.79. The number of likely N-dealkylation sites (N-methyl/N-ethyl adjacent to an activating group) is 1. The number of hydrogen-bond donors (Lipinski definition) is 1. The molecule has 5 nitrogen and oxygen atoms in total. The van der Waals surface area contributed by atoms with Gasteiger partial charge in [0.15, 0.2) is 5.82 Å². The van der Waals surface area contributed by atoms with Crippen LogP contribution < -0.4 is 5.32 Å². The molecule has 0 aliphatic heterocycles. The molecular formula is C14H21N5. The second kappa shape index (κ2) is 5.93. The molecule has 19 heavy (non-hydrogen) atoms. The average molecular weight is 259 g/mol. The first-order chi connectivity index (χ1) is 9.10. The second-order valence-corrected chi connectivity index (χ2v) is 4.85. The van der Waals surface area contributed by atoms with Crippen LogP contribution in [-0.4, -0.2) is 26.8 Å². The highest BCUT2D eigenvalue weighted by Gasteiger charge is 2.14. The summed E-state index contributed by atoms with van der Waals surface area (Å²) in [4.78, 5) is 1.50. The Labute approximate surface area is 114 Å². The number of hydrogen-bond acceptors (Lipinski definition) is 4. The molecule has 1 heterocycles. The van der Waals surface area contributed by atoms with Gasteiger partial charge in [0.1, 0.15) is 0 Å². The van der Waals surface area contributed by atoms with Gasteiger partial charge in [0.05, 0.1) is 7.05 Å². The van der Waals surface area contributed by atoms with Crippen LogP contribution in [0.1, 0.15) is 35.5 Å². The van der Waals surface area contributed by atoms with Crippen molar-refractivity contribution in [3.63, 3.8) is 0 Å². The van der Waals surface area contributed by atoms with Gasteiger partial charge in [-0.3, -0.25) is 0 Å². The van der Waals surface area contributed by atoms with Crippen LogP contribution in [0.4, 0.5) is 0 Å². The third-order valence-corrected chi connectivity index (χ3v) is 3.32. The Hall–Kier alpha value is -1.75. The first kappa shape index (κ1) is 13.7. The van der Waals surface area contributed by atoms with E-state index in [0.29, 0.717) is 0 Å². The predicted octanol–water partition coefficient (Wildman–Crippen LogP) is 1.72. The fraction of sp³-hybridized carbons (Fsp3) is 0.500. The number of tetrazole rings is 1. The lowest BCUT2D eigenvalue weighted by Gasteiger charge is -2.17. The van der Waals surface area contributed by atoms with E-state index in [2.05, 4.69) is 59.7 Å². The van der Waals surface area contributed by atoms with Crippen molar-refractivity contribution in [3.8, 4) is 0 Å². The summed E-state index contributed by atoms with van der Waals surface area (Å²) in [6.07, 6.45) is 0.754. The Kier molecular flexibility index (Phi) is 4.27. The topological polar surface area (TPSA) is 55.6 Å². The monoisotopic (exact) mass is 259 g/mol. The molecular weight excluding hydrogens is 238 g/mol. The highest BCUT2D eigenvalue weighted by Crippen LogP contribution is 2.19. The van der Waals surface area contributed by atoms with Crippen LogP contribution in [0.5, 0.6) is 0 Å². The van der Waals surface area contributed by atoms with Crippen molar-refractivity contribution in [2.24, 2.45) is 7.05 Å². The molecule has 0 aliphatic carbocycles. The number of benzene rings is 1. The molecule has 0 saturated carbocycles. The number of rotatable bonds is 5. The van der Waals surface area contributed by atoms with Crippen molar-refractivity contribution in [1.29, 1.82) is 0 Å². The Balaban J connectivity index is 2.21. The van der Waals surface area contributed by atoms with E-state index in [4.69, 9.17) is 0 Å². The molecule has 1 unspecified atom stereocenters. The molecule has 102 valence electrons. The van der Waals surface area contributed by atoms with Crippen LogP contribution in [0.15, 0.2) is 18.2 Å². The molecule has 5 heteroatoms. The molecule has 1 aromatic heterocycles. The van der Waals surface area contributed by atoms with Gasteiger partial charge in [-0.1, -0.05) is 25.1 Å². The van der Waals surface area contributed by atoms with E-state index >= 15 is 0 Å². The van der Waals surface area contributed by atoms with Crippen molar-refractivity contribution in [2.45, 2.75) is 33.2 Å². The lowest BCUT2D eigenvalue weighted by atomic mass is 9.99. The highest BCUT2D eigenvalue weighted by molar-refractivity contribution is 5.32. The van der Waals surface area contributed by atoms with Crippen molar-refractivity contribution < 1.29 is 0 Å². The van der Waals surface area contributed by atoms with Gasteiger partial charge >= 0.3 is 0 Å². The quantitative estimate of drug-likeness (QED) is 0.888. The summed E-state index contributed by atoms with van der Waals surface area (Å²) in [5.74, 6) is 0.770. The molecule has 2 rings (SSSR count). The third kappa shape index (κ3) is 3.38. The normalized spacial score (nSPS) is 12.6. The summed E-state index contributed by atoms with van der Waals surface area (Å²) < 4.78 is 0. The number of aryl methyl sites for hydroxylation is 3. The zero-order chi connectivity index (χ0) is 13.8. The standard InChI is InChI=1S/C14H21N5/c1-5-15-13(9-14-16-18-19(4)17-14)12-7-6-10(2)11(3)8-12/h6-8,13,15H,5,9H2,1-4H3. The van der Waals surface area contributed by atoms with E-state index in [1.807, 2.05) is 0 Å². The smallest absolute Gasteiger partial charge is 0.176 e. The number of nitrogens with zero attached hydrogens (tertiary/aromatic N) is 4. The minimum atomic E-state index is 0.230. The van der Waals surface area contributed by atoms with E-state index in [9.17, 15) is 0 Å². The maximum absolute atomic E-state index is 4.25. The van der Waals surface area contributed by atoms with E-state index in [1.54, 1.807) is 7.05 Å². The number of aromatic nitrogens is 4. The van der Waals surface area contributed by atoms with E-state index in [-0.39, 0.29) is 6.04 Å². The van der Waals surface area contributed by atoms with E-state index in [1.165, 1.54) is 21.5 Å². The Morgan fingerprint density at radius 2 is 2.05 bits per heavy atom. The molecule has 2 aromatic rings. The van der Waals surface area contributed by atoms with Gasteiger partial charge in [-0.2, -0.15) is 4.80 Å². The van der Waals surface area contributed by atoms with Gasteiger partial charge in [0, 0.05) is 12.5 Å². The van der Waals surface area contributed by atoms with Crippen LogP contribution in [0.3, 0.4) is 0 Å². The lowest BCUT2D eigenvalue weighted by molar-refractivity contribution is 0.534. The third-order valence-electron chi connectivity index (χ3n) is 3.32. The second-order valence-electron chi connectivity index (χ2n) is 4.85. The zero-order valence-corrected chi connectivity index (χ0v) is 12.0. The van der Waals surface area contributed by atoms with E-state index < -0.39 is 0 Å². The molecule has 0 spiro atoms. The first-order valence-corrected chi connectivity index (χ1v) is 6.63. The Bertz CT molecular complexity index is 547. The predicted molar refractivity (Wildman–Crippen MR) is 74.8 cm³/mol. The van der Waals surface area contributed by atoms with Crippen molar-refractivity contribution >= 4 is 0 Å². The minimum Gasteiger partial charge on any atom is -0.310 e. The largest absolute Gasteiger partial charge is 0.310 e. The maximum Gasteiger partial charge on any atom is 0.176 e. The van der Waals surface area contributed by atoms with Crippen molar-refractivity contribution in [2.75, 3.05) is 6.54 Å². The van der Waals surface area contributed by atoms with Crippen LogP contribution >= 0.6 is 0 Å². The molecule has 0 radical (unpaired) electrons. The fourth-order valence-corrected chi connectivity index (χ4v) is 2.12. The number of nitrogens with one attached hydrogen (secondary N) is 1. The van der Waals surface area contributed by atoms with Crippen LogP contribution in [0.25, 0.3) is 0 Å². The summed E-state index contributed by atoms with van der Waals surface area (Å²) in [6.45, 7) is 7.30. The summed E-state index contributed by atoms with van der Waals surface area (Å²) in [5.41, 5.74) is 3.90. The fourth-order valence-electron chi connectivity index (χ4n) is 2.12. The van der Waals surface area contributed by atoms with Gasteiger partial charge in [0.2, 0.25) is 0 Å². The van der Waals surface area contributed by atoms with Crippen LogP contribution in [-0.2, 0) is 13.5 Å². The Morgan fingerprint density at radius 3 is 2.63 bits per heavy atom. The molecule has 0 fully saturated rings. The average Bonchev–Trinajstić information content (AvgIpc) is 2.78. The molecule has 0 bridgehead atoms. The molecule has 1 aromatic carbocycles. The SMILES string of the molecule is CCNC(Cc1nnn(C)n1)c1ccc(C)c(C)c1. The zero-order valence-electron chi connectivity index (χ0n) is 12.0. The van der Waals surface area contributed by atoms with Gasteiger partial charge in [-0.25, -0.2) is 0 Å². The molecule has 1 N–H and O–H groups in total. The summed E-state index contributed by atoms with van der Waals surface area (Å²) >= 11 is 0. The van der Waals surface area contributed by atoms with Gasteiger partial charge in [0.25, 0.3) is 0 Å². The first-order valence-electron chi connectivity index (χ1n) is 6.63. The molecule has 0 aliphatic rings. The summed E-state index contributed by atoms with van der Waals surface area (Å²) in [6, 6.07) is 6.80.